The molecule has 158 valence electrons. The highest BCUT2D eigenvalue weighted by molar-refractivity contribution is 5.98. The molecule has 2 aromatic heterocycles. The van der Waals surface area contributed by atoms with Crippen LogP contribution >= 0.6 is 0 Å². The SMILES string of the molecule is COc1c2ccc(C(=O)N3CCC(c4nn(C)c(=O)n4C4CC4)CC3)cc2nn1C. The van der Waals surface area contributed by atoms with Gasteiger partial charge in [-0.05, 0) is 43.9 Å². The van der Waals surface area contributed by atoms with Crippen molar-refractivity contribution in [3.63, 3.8) is 0 Å². The first kappa shape index (κ1) is 18.9. The first-order valence-corrected chi connectivity index (χ1v) is 10.4. The van der Waals surface area contributed by atoms with Crippen LogP contribution in [-0.2, 0) is 14.1 Å². The third-order valence-corrected chi connectivity index (χ3v) is 6.26. The number of rotatable bonds is 4. The number of carbonyl (C=O) groups is 1. The second kappa shape index (κ2) is 7.00. The van der Waals surface area contributed by atoms with Gasteiger partial charge in [-0.2, -0.15) is 10.2 Å². The predicted molar refractivity (Wildman–Crippen MR) is 111 cm³/mol. The van der Waals surface area contributed by atoms with Crippen LogP contribution in [0, 0.1) is 0 Å². The van der Waals surface area contributed by atoms with Gasteiger partial charge in [-0.3, -0.25) is 9.36 Å². The molecular formula is C21H26N6O3. The Morgan fingerprint density at radius 2 is 1.80 bits per heavy atom. The molecule has 9 nitrogen and oxygen atoms in total. The summed E-state index contributed by atoms with van der Waals surface area (Å²) in [6.07, 6.45) is 3.73. The first-order valence-electron chi connectivity index (χ1n) is 10.4. The number of piperidine rings is 1. The van der Waals surface area contributed by atoms with Crippen molar-refractivity contribution in [2.24, 2.45) is 14.1 Å². The maximum atomic E-state index is 13.1. The zero-order valence-electron chi connectivity index (χ0n) is 17.5. The van der Waals surface area contributed by atoms with Crippen molar-refractivity contribution in [3.8, 4) is 5.88 Å². The predicted octanol–water partition coefficient (Wildman–Crippen LogP) is 1.83. The summed E-state index contributed by atoms with van der Waals surface area (Å²) in [7, 11) is 5.15. The molecule has 3 heterocycles. The molecule has 1 amide bonds. The van der Waals surface area contributed by atoms with Gasteiger partial charge in [0.1, 0.15) is 5.82 Å². The number of aryl methyl sites for hydroxylation is 2. The number of benzene rings is 1. The molecule has 0 N–H and O–H groups in total. The number of carbonyl (C=O) groups excluding carboxylic acids is 1. The fourth-order valence-electron chi connectivity index (χ4n) is 4.53. The van der Waals surface area contributed by atoms with Crippen LogP contribution in [0.25, 0.3) is 10.9 Å². The average molecular weight is 410 g/mol. The van der Waals surface area contributed by atoms with E-state index in [0.29, 0.717) is 30.6 Å². The minimum Gasteiger partial charge on any atom is -0.481 e. The van der Waals surface area contributed by atoms with Crippen molar-refractivity contribution in [2.45, 2.75) is 37.6 Å². The molecular weight excluding hydrogens is 384 g/mol. The van der Waals surface area contributed by atoms with E-state index in [0.717, 1.165) is 42.4 Å². The largest absolute Gasteiger partial charge is 0.481 e. The molecule has 1 aliphatic heterocycles. The van der Waals surface area contributed by atoms with Gasteiger partial charge in [0.2, 0.25) is 5.88 Å². The van der Waals surface area contributed by atoms with Crippen LogP contribution < -0.4 is 10.4 Å². The monoisotopic (exact) mass is 410 g/mol. The van der Waals surface area contributed by atoms with E-state index in [1.165, 1.54) is 4.68 Å². The third-order valence-electron chi connectivity index (χ3n) is 6.26. The summed E-state index contributed by atoms with van der Waals surface area (Å²) >= 11 is 0. The molecule has 5 rings (SSSR count). The lowest BCUT2D eigenvalue weighted by atomic mass is 9.95. The van der Waals surface area contributed by atoms with Gasteiger partial charge in [0.05, 0.1) is 18.0 Å². The Bertz CT molecular complexity index is 1180. The lowest BCUT2D eigenvalue weighted by Crippen LogP contribution is -2.38. The van der Waals surface area contributed by atoms with E-state index in [4.69, 9.17) is 4.74 Å². The van der Waals surface area contributed by atoms with Crippen LogP contribution in [0.1, 0.15) is 53.8 Å². The zero-order valence-corrected chi connectivity index (χ0v) is 17.5. The normalized spacial score (nSPS) is 17.6. The van der Waals surface area contributed by atoms with Gasteiger partial charge in [-0.15, -0.1) is 0 Å². The summed E-state index contributed by atoms with van der Waals surface area (Å²) in [6, 6.07) is 5.87. The summed E-state index contributed by atoms with van der Waals surface area (Å²) in [6.45, 7) is 1.31. The second-order valence-corrected chi connectivity index (χ2v) is 8.30. The van der Waals surface area contributed by atoms with E-state index in [9.17, 15) is 9.59 Å². The topological polar surface area (TPSA) is 87.2 Å². The third kappa shape index (κ3) is 3.00. The van der Waals surface area contributed by atoms with Crippen LogP contribution in [0.3, 0.4) is 0 Å². The molecule has 0 bridgehead atoms. The van der Waals surface area contributed by atoms with Crippen molar-refractivity contribution in [2.75, 3.05) is 20.2 Å². The fraction of sp³-hybridized carbons (Fsp3) is 0.524. The Hall–Kier alpha value is -3.10. The Labute approximate surface area is 173 Å². The van der Waals surface area contributed by atoms with E-state index in [1.807, 2.05) is 34.7 Å². The summed E-state index contributed by atoms with van der Waals surface area (Å²) in [5.41, 5.74) is 1.36. The molecule has 3 aromatic rings. The Balaban J connectivity index is 1.32. The first-order chi connectivity index (χ1) is 14.5. The molecule has 2 fully saturated rings. The van der Waals surface area contributed by atoms with Gasteiger partial charge in [-0.1, -0.05) is 0 Å². The molecule has 2 aliphatic rings. The number of methoxy groups -OCH3 is 1. The maximum Gasteiger partial charge on any atom is 0.345 e. The highest BCUT2D eigenvalue weighted by Crippen LogP contribution is 2.37. The molecule has 0 radical (unpaired) electrons. The van der Waals surface area contributed by atoms with E-state index in [-0.39, 0.29) is 17.5 Å². The minimum atomic E-state index is -0.0231. The molecule has 1 saturated carbocycles. The molecule has 0 unspecified atom stereocenters. The van der Waals surface area contributed by atoms with Gasteiger partial charge < -0.3 is 9.64 Å². The molecule has 1 aromatic carbocycles. The average Bonchev–Trinajstić information content (AvgIpc) is 3.47. The summed E-state index contributed by atoms with van der Waals surface area (Å²) in [5.74, 6) is 1.80. The number of aromatic nitrogens is 5. The number of nitrogens with zero attached hydrogens (tertiary/aromatic N) is 6. The number of hydrogen-bond acceptors (Lipinski definition) is 5. The van der Waals surface area contributed by atoms with Crippen LogP contribution in [0.4, 0.5) is 0 Å². The fourth-order valence-corrected chi connectivity index (χ4v) is 4.53. The molecule has 30 heavy (non-hydrogen) atoms. The Kier molecular flexibility index (Phi) is 4.41. The number of amides is 1. The van der Waals surface area contributed by atoms with E-state index in [1.54, 1.807) is 18.8 Å². The zero-order chi connectivity index (χ0) is 21.0. The second-order valence-electron chi connectivity index (χ2n) is 8.30. The highest BCUT2D eigenvalue weighted by atomic mass is 16.5. The Morgan fingerprint density at radius 1 is 1.07 bits per heavy atom. The van der Waals surface area contributed by atoms with Crippen molar-refractivity contribution >= 4 is 16.8 Å². The standard InChI is InChI=1S/C21H26N6O3/c1-24-20(30-3)16-7-4-14(12-17(16)22-24)19(28)26-10-8-13(9-11-26)18-23-25(2)21(29)27(18)15-5-6-15/h4,7,12-13,15H,5-6,8-11H2,1-3H3. The number of likely N-dealkylation sites (tertiary alicyclic amines) is 1. The minimum absolute atomic E-state index is 0.0144. The van der Waals surface area contributed by atoms with Crippen molar-refractivity contribution < 1.29 is 9.53 Å². The van der Waals surface area contributed by atoms with Crippen molar-refractivity contribution in [1.29, 1.82) is 0 Å². The van der Waals surface area contributed by atoms with Gasteiger partial charge in [0, 0.05) is 44.7 Å². The number of hydrogen-bond donors (Lipinski definition) is 0. The van der Waals surface area contributed by atoms with Gasteiger partial charge in [0.15, 0.2) is 0 Å². The highest BCUT2D eigenvalue weighted by Gasteiger charge is 2.34. The van der Waals surface area contributed by atoms with Crippen LogP contribution in [0.15, 0.2) is 23.0 Å². The lowest BCUT2D eigenvalue weighted by molar-refractivity contribution is 0.0710. The maximum absolute atomic E-state index is 13.1. The molecule has 1 saturated heterocycles. The smallest absolute Gasteiger partial charge is 0.345 e. The van der Waals surface area contributed by atoms with Gasteiger partial charge in [0.25, 0.3) is 5.91 Å². The molecule has 1 aliphatic carbocycles. The summed E-state index contributed by atoms with van der Waals surface area (Å²) in [5, 5.41) is 9.85. The van der Waals surface area contributed by atoms with E-state index >= 15 is 0 Å². The molecule has 9 heteroatoms. The van der Waals surface area contributed by atoms with Crippen LogP contribution in [-0.4, -0.2) is 55.1 Å². The number of fused-ring (bicyclic) bond motifs is 1. The lowest BCUT2D eigenvalue weighted by Gasteiger charge is -2.31. The summed E-state index contributed by atoms with van der Waals surface area (Å²) in [4.78, 5) is 27.4. The molecule has 0 atom stereocenters. The van der Waals surface area contributed by atoms with Gasteiger partial charge >= 0.3 is 5.69 Å². The van der Waals surface area contributed by atoms with Crippen LogP contribution in [0.2, 0.25) is 0 Å². The van der Waals surface area contributed by atoms with Crippen molar-refractivity contribution in [1.82, 2.24) is 29.0 Å². The number of ether oxygens (including phenoxy) is 1. The van der Waals surface area contributed by atoms with E-state index < -0.39 is 0 Å². The molecule has 0 spiro atoms. The van der Waals surface area contributed by atoms with Crippen molar-refractivity contribution in [3.05, 3.63) is 40.1 Å². The summed E-state index contributed by atoms with van der Waals surface area (Å²) < 4.78 is 10.4. The van der Waals surface area contributed by atoms with E-state index in [2.05, 4.69) is 10.2 Å². The quantitative estimate of drug-likeness (QED) is 0.655. The van der Waals surface area contributed by atoms with Gasteiger partial charge in [-0.25, -0.2) is 14.2 Å². The Morgan fingerprint density at radius 3 is 2.47 bits per heavy atom. The van der Waals surface area contributed by atoms with Crippen LogP contribution in [0.5, 0.6) is 5.88 Å².